The Balaban J connectivity index is 1.57. The monoisotopic (exact) mass is 306 g/mol. The Morgan fingerprint density at radius 1 is 1.09 bits per heavy atom. The molecule has 0 radical (unpaired) electrons. The standard InChI is InChI=1S/C17H14N4O2/c22-16(23)12-4-2-11(3-5-12)15-14-10-21(9-13(14)8-20-15)17-18-6-1-7-19-17/h1-7H,8-10H2,(H,22,23). The first kappa shape index (κ1) is 13.6. The molecule has 4 rings (SSSR count). The van der Waals surface area contributed by atoms with Gasteiger partial charge in [0.15, 0.2) is 0 Å². The molecule has 0 atom stereocenters. The maximum Gasteiger partial charge on any atom is 0.335 e. The predicted molar refractivity (Wildman–Crippen MR) is 86.1 cm³/mol. The molecule has 2 aliphatic heterocycles. The summed E-state index contributed by atoms with van der Waals surface area (Å²) >= 11 is 0. The summed E-state index contributed by atoms with van der Waals surface area (Å²) in [5.74, 6) is -0.194. The van der Waals surface area contributed by atoms with Crippen LogP contribution in [0.5, 0.6) is 0 Å². The van der Waals surface area contributed by atoms with Gasteiger partial charge in [0.2, 0.25) is 5.95 Å². The highest BCUT2D eigenvalue weighted by atomic mass is 16.4. The summed E-state index contributed by atoms with van der Waals surface area (Å²) in [5.41, 5.74) is 4.69. The van der Waals surface area contributed by atoms with Crippen molar-refractivity contribution < 1.29 is 9.90 Å². The van der Waals surface area contributed by atoms with Crippen LogP contribution in [0, 0.1) is 0 Å². The number of nitrogens with zero attached hydrogens (tertiary/aromatic N) is 4. The van der Waals surface area contributed by atoms with Crippen LogP contribution in [0.15, 0.2) is 58.9 Å². The SMILES string of the molecule is O=C(O)c1ccc(C2=NCC3=C2CN(c2ncccn2)C3)cc1. The lowest BCUT2D eigenvalue weighted by Gasteiger charge is -2.17. The van der Waals surface area contributed by atoms with Gasteiger partial charge in [-0.2, -0.15) is 0 Å². The maximum absolute atomic E-state index is 11.0. The van der Waals surface area contributed by atoms with E-state index in [1.807, 2.05) is 12.1 Å². The number of hydrogen-bond donors (Lipinski definition) is 1. The lowest BCUT2D eigenvalue weighted by Crippen LogP contribution is -2.25. The molecule has 2 aromatic rings. The van der Waals surface area contributed by atoms with Gasteiger partial charge < -0.3 is 10.0 Å². The van der Waals surface area contributed by atoms with Crippen molar-refractivity contribution in [2.45, 2.75) is 0 Å². The number of anilines is 1. The molecule has 1 aromatic carbocycles. The molecule has 3 heterocycles. The number of aromatic carboxylic acids is 1. The van der Waals surface area contributed by atoms with E-state index in [2.05, 4.69) is 19.9 Å². The lowest BCUT2D eigenvalue weighted by molar-refractivity contribution is 0.0697. The minimum absolute atomic E-state index is 0.285. The van der Waals surface area contributed by atoms with Crippen molar-refractivity contribution in [1.82, 2.24) is 9.97 Å². The number of aliphatic imine (C=N–C) groups is 1. The quantitative estimate of drug-likeness (QED) is 0.935. The van der Waals surface area contributed by atoms with Gasteiger partial charge in [0.25, 0.3) is 0 Å². The summed E-state index contributed by atoms with van der Waals surface area (Å²) in [7, 11) is 0. The first-order valence-corrected chi connectivity index (χ1v) is 7.34. The fourth-order valence-corrected chi connectivity index (χ4v) is 2.97. The number of benzene rings is 1. The average Bonchev–Trinajstić information content (AvgIpc) is 3.16. The third-order valence-electron chi connectivity index (χ3n) is 4.11. The van der Waals surface area contributed by atoms with Gasteiger partial charge in [-0.3, -0.25) is 4.99 Å². The van der Waals surface area contributed by atoms with E-state index in [0.717, 1.165) is 30.3 Å². The molecule has 0 fully saturated rings. The zero-order valence-electron chi connectivity index (χ0n) is 12.3. The van der Waals surface area contributed by atoms with Crippen LogP contribution in [-0.2, 0) is 0 Å². The highest BCUT2D eigenvalue weighted by molar-refractivity contribution is 6.15. The minimum atomic E-state index is -0.918. The third kappa shape index (κ3) is 2.38. The Hall–Kier alpha value is -3.02. The number of rotatable bonds is 3. The molecule has 2 aliphatic rings. The smallest absolute Gasteiger partial charge is 0.335 e. The van der Waals surface area contributed by atoms with Crippen molar-refractivity contribution in [1.29, 1.82) is 0 Å². The zero-order chi connectivity index (χ0) is 15.8. The number of hydrogen-bond acceptors (Lipinski definition) is 5. The molecule has 0 bridgehead atoms. The van der Waals surface area contributed by atoms with Gasteiger partial charge in [-0.1, -0.05) is 12.1 Å². The van der Waals surface area contributed by atoms with Gasteiger partial charge in [-0.15, -0.1) is 0 Å². The lowest BCUT2D eigenvalue weighted by atomic mass is 10.0. The van der Waals surface area contributed by atoms with Gasteiger partial charge in [0.1, 0.15) is 0 Å². The fraction of sp³-hybridized carbons (Fsp3) is 0.176. The molecule has 0 saturated heterocycles. The summed E-state index contributed by atoms with van der Waals surface area (Å²) in [6, 6.07) is 8.68. The van der Waals surface area contributed by atoms with Crippen LogP contribution in [0.1, 0.15) is 15.9 Å². The Morgan fingerprint density at radius 3 is 2.52 bits per heavy atom. The molecule has 0 aliphatic carbocycles. The largest absolute Gasteiger partial charge is 0.478 e. The van der Waals surface area contributed by atoms with E-state index in [1.54, 1.807) is 30.6 Å². The van der Waals surface area contributed by atoms with E-state index in [1.165, 1.54) is 11.1 Å². The Labute approximate surface area is 132 Å². The van der Waals surface area contributed by atoms with Crippen molar-refractivity contribution in [3.05, 3.63) is 65.0 Å². The second-order valence-corrected chi connectivity index (χ2v) is 5.53. The molecular weight excluding hydrogens is 292 g/mol. The van der Waals surface area contributed by atoms with E-state index in [4.69, 9.17) is 5.11 Å². The second-order valence-electron chi connectivity index (χ2n) is 5.53. The van der Waals surface area contributed by atoms with Gasteiger partial charge in [0, 0.05) is 36.6 Å². The van der Waals surface area contributed by atoms with Crippen molar-refractivity contribution in [2.24, 2.45) is 4.99 Å². The first-order valence-electron chi connectivity index (χ1n) is 7.34. The molecule has 6 heteroatoms. The summed E-state index contributed by atoms with van der Waals surface area (Å²) in [6.45, 7) is 2.22. The molecule has 1 aromatic heterocycles. The van der Waals surface area contributed by atoms with E-state index in [-0.39, 0.29) is 5.56 Å². The van der Waals surface area contributed by atoms with Crippen LogP contribution >= 0.6 is 0 Å². The maximum atomic E-state index is 11.0. The molecule has 6 nitrogen and oxygen atoms in total. The highest BCUT2D eigenvalue weighted by Gasteiger charge is 2.30. The number of carboxylic acids is 1. The summed E-state index contributed by atoms with van der Waals surface area (Å²) in [4.78, 5) is 26.3. The first-order chi connectivity index (χ1) is 11.2. The van der Waals surface area contributed by atoms with E-state index in [9.17, 15) is 4.79 Å². The Morgan fingerprint density at radius 2 is 1.83 bits per heavy atom. The van der Waals surface area contributed by atoms with E-state index in [0.29, 0.717) is 6.54 Å². The van der Waals surface area contributed by atoms with Crippen molar-refractivity contribution in [3.8, 4) is 0 Å². The minimum Gasteiger partial charge on any atom is -0.478 e. The molecule has 0 spiro atoms. The highest BCUT2D eigenvalue weighted by Crippen LogP contribution is 2.29. The van der Waals surface area contributed by atoms with Gasteiger partial charge in [0.05, 0.1) is 17.8 Å². The van der Waals surface area contributed by atoms with Crippen molar-refractivity contribution >= 4 is 17.6 Å². The van der Waals surface area contributed by atoms with Crippen LogP contribution in [0.2, 0.25) is 0 Å². The van der Waals surface area contributed by atoms with Gasteiger partial charge >= 0.3 is 5.97 Å². The molecular formula is C17H14N4O2. The molecule has 0 saturated carbocycles. The molecule has 114 valence electrons. The molecule has 0 amide bonds. The Kier molecular flexibility index (Phi) is 3.15. The van der Waals surface area contributed by atoms with E-state index < -0.39 is 5.97 Å². The van der Waals surface area contributed by atoms with Crippen molar-refractivity contribution in [3.63, 3.8) is 0 Å². The summed E-state index contributed by atoms with van der Waals surface area (Å²) < 4.78 is 0. The molecule has 1 N–H and O–H groups in total. The second kappa shape index (κ2) is 5.31. The zero-order valence-corrected chi connectivity index (χ0v) is 12.3. The van der Waals surface area contributed by atoms with Crippen LogP contribution in [-0.4, -0.2) is 46.4 Å². The van der Waals surface area contributed by atoms with Crippen molar-refractivity contribution in [2.75, 3.05) is 24.5 Å². The van der Waals surface area contributed by atoms with Crippen LogP contribution in [0.4, 0.5) is 5.95 Å². The Bertz CT molecular complexity index is 825. The predicted octanol–water partition coefficient (Wildman–Crippen LogP) is 1.79. The number of carbonyl (C=O) groups is 1. The summed E-state index contributed by atoms with van der Waals surface area (Å²) in [5, 5.41) is 8.99. The van der Waals surface area contributed by atoms with E-state index >= 15 is 0 Å². The van der Waals surface area contributed by atoms with Gasteiger partial charge in [-0.25, -0.2) is 14.8 Å². The number of carboxylic acid groups (broad SMARTS) is 1. The fourth-order valence-electron chi connectivity index (χ4n) is 2.97. The van der Waals surface area contributed by atoms with Gasteiger partial charge in [-0.05, 0) is 23.8 Å². The molecule has 0 unspecified atom stereocenters. The topological polar surface area (TPSA) is 78.7 Å². The average molecular weight is 306 g/mol. The molecule has 23 heavy (non-hydrogen) atoms. The normalized spacial score (nSPS) is 16.5. The van der Waals surface area contributed by atoms with Crippen LogP contribution in [0.3, 0.4) is 0 Å². The van der Waals surface area contributed by atoms with Crippen LogP contribution in [0.25, 0.3) is 0 Å². The number of aromatic nitrogens is 2. The third-order valence-corrected chi connectivity index (χ3v) is 4.11. The van der Waals surface area contributed by atoms with Crippen LogP contribution < -0.4 is 4.90 Å². The summed E-state index contributed by atoms with van der Waals surface area (Å²) in [6.07, 6.45) is 3.48.